The zero-order valence-corrected chi connectivity index (χ0v) is 16.7. The molecule has 1 aliphatic rings. The van der Waals surface area contributed by atoms with Crippen LogP contribution in [0.5, 0.6) is 11.5 Å². The number of thioether (sulfide) groups is 1. The Hall–Kier alpha value is -2.67. The number of hydrogen-bond acceptors (Lipinski definition) is 6. The molecule has 148 valence electrons. The molecule has 0 spiro atoms. The van der Waals surface area contributed by atoms with E-state index in [1.165, 1.54) is 0 Å². The first-order valence-corrected chi connectivity index (χ1v) is 9.93. The number of amides is 1. The van der Waals surface area contributed by atoms with E-state index in [0.29, 0.717) is 23.3 Å². The molecule has 1 heterocycles. The molecule has 0 fully saturated rings. The van der Waals surface area contributed by atoms with Crippen LogP contribution >= 0.6 is 11.8 Å². The summed E-state index contributed by atoms with van der Waals surface area (Å²) in [7, 11) is 1.58. The van der Waals surface area contributed by atoms with Gasteiger partial charge < -0.3 is 19.1 Å². The third-order valence-electron chi connectivity index (χ3n) is 4.32. The number of benzene rings is 2. The first-order chi connectivity index (χ1) is 13.6. The molecule has 0 unspecified atom stereocenters. The van der Waals surface area contributed by atoms with E-state index in [1.54, 1.807) is 48.0 Å². The van der Waals surface area contributed by atoms with Gasteiger partial charge in [0.05, 0.1) is 12.8 Å². The normalized spacial score (nSPS) is 15.9. The van der Waals surface area contributed by atoms with Crippen LogP contribution in [0.4, 0.5) is 5.69 Å². The predicted molar refractivity (Wildman–Crippen MR) is 108 cm³/mol. The van der Waals surface area contributed by atoms with Crippen LogP contribution in [0.3, 0.4) is 0 Å². The molecule has 0 saturated carbocycles. The van der Waals surface area contributed by atoms with Crippen molar-refractivity contribution in [3.8, 4) is 11.5 Å². The van der Waals surface area contributed by atoms with Crippen molar-refractivity contribution in [2.24, 2.45) is 0 Å². The number of methoxy groups -OCH3 is 1. The summed E-state index contributed by atoms with van der Waals surface area (Å²) in [4.78, 5) is 27.4. The van der Waals surface area contributed by atoms with E-state index < -0.39 is 5.97 Å². The molecule has 3 rings (SSSR count). The van der Waals surface area contributed by atoms with Crippen molar-refractivity contribution >= 4 is 29.3 Å². The van der Waals surface area contributed by atoms with Crippen molar-refractivity contribution in [1.82, 2.24) is 0 Å². The highest BCUT2D eigenvalue weighted by Gasteiger charge is 2.24. The third-order valence-corrected chi connectivity index (χ3v) is 5.55. The maximum Gasteiger partial charge on any atom is 0.344 e. The molecule has 2 aromatic rings. The van der Waals surface area contributed by atoms with E-state index in [0.717, 1.165) is 17.0 Å². The molecule has 1 aliphatic heterocycles. The Morgan fingerprint density at radius 3 is 2.54 bits per heavy atom. The molecule has 0 aliphatic carbocycles. The van der Waals surface area contributed by atoms with Crippen LogP contribution in [-0.2, 0) is 14.3 Å². The second-order valence-corrected chi connectivity index (χ2v) is 7.84. The lowest BCUT2D eigenvalue weighted by Gasteiger charge is -2.22. The Kier molecular flexibility index (Phi) is 6.81. The largest absolute Gasteiger partial charge is 0.497 e. The summed E-state index contributed by atoms with van der Waals surface area (Å²) in [6.07, 6.45) is 0.875. The van der Waals surface area contributed by atoms with Gasteiger partial charge in [0.2, 0.25) is 0 Å². The van der Waals surface area contributed by atoms with Gasteiger partial charge in [-0.05, 0) is 42.8 Å². The van der Waals surface area contributed by atoms with Gasteiger partial charge in [-0.25, -0.2) is 4.79 Å². The summed E-state index contributed by atoms with van der Waals surface area (Å²) in [5.74, 6) is 0.400. The summed E-state index contributed by atoms with van der Waals surface area (Å²) in [6, 6.07) is 14.7. The van der Waals surface area contributed by atoms with Gasteiger partial charge in [0.25, 0.3) is 5.91 Å². The lowest BCUT2D eigenvalue weighted by molar-refractivity contribution is -0.149. The number of fused-ring (bicyclic) bond motifs is 1. The molecule has 1 amide bonds. The van der Waals surface area contributed by atoms with E-state index >= 15 is 0 Å². The van der Waals surface area contributed by atoms with Crippen molar-refractivity contribution in [2.75, 3.05) is 31.8 Å². The minimum atomic E-state index is -0.588. The zero-order valence-electron chi connectivity index (χ0n) is 15.9. The molecule has 7 heteroatoms. The quantitative estimate of drug-likeness (QED) is 0.690. The highest BCUT2D eigenvalue weighted by Crippen LogP contribution is 2.37. The van der Waals surface area contributed by atoms with Crippen molar-refractivity contribution in [2.45, 2.75) is 23.5 Å². The minimum Gasteiger partial charge on any atom is -0.497 e. The Balaban J connectivity index is 1.52. The van der Waals surface area contributed by atoms with E-state index in [-0.39, 0.29) is 19.1 Å². The van der Waals surface area contributed by atoms with E-state index in [4.69, 9.17) is 14.2 Å². The van der Waals surface area contributed by atoms with Crippen LogP contribution in [0.1, 0.15) is 13.3 Å². The van der Waals surface area contributed by atoms with Crippen LogP contribution < -0.4 is 14.4 Å². The van der Waals surface area contributed by atoms with Gasteiger partial charge >= 0.3 is 5.97 Å². The Morgan fingerprint density at radius 1 is 1.07 bits per heavy atom. The zero-order chi connectivity index (χ0) is 19.9. The fourth-order valence-electron chi connectivity index (χ4n) is 2.82. The van der Waals surface area contributed by atoms with Crippen molar-refractivity contribution < 1.29 is 23.8 Å². The summed E-state index contributed by atoms with van der Waals surface area (Å²) < 4.78 is 15.6. The molecule has 0 N–H and O–H groups in total. The predicted octanol–water partition coefficient (Wildman–Crippen LogP) is 3.53. The van der Waals surface area contributed by atoms with Crippen LogP contribution in [0.2, 0.25) is 0 Å². The molecular weight excluding hydrogens is 378 g/mol. The van der Waals surface area contributed by atoms with E-state index in [9.17, 15) is 9.59 Å². The number of anilines is 1. The molecule has 6 nitrogen and oxygen atoms in total. The van der Waals surface area contributed by atoms with Crippen LogP contribution in [-0.4, -0.2) is 44.0 Å². The first kappa shape index (κ1) is 20.1. The molecule has 28 heavy (non-hydrogen) atoms. The summed E-state index contributed by atoms with van der Waals surface area (Å²) >= 11 is 1.76. The van der Waals surface area contributed by atoms with E-state index in [2.05, 4.69) is 6.92 Å². The van der Waals surface area contributed by atoms with Crippen LogP contribution in [0.25, 0.3) is 0 Å². The fourth-order valence-corrected chi connectivity index (χ4v) is 3.93. The molecule has 2 aromatic carbocycles. The van der Waals surface area contributed by atoms with Gasteiger partial charge in [-0.2, -0.15) is 0 Å². The molecule has 1 atom stereocenters. The second-order valence-electron chi connectivity index (χ2n) is 6.36. The minimum absolute atomic E-state index is 0.236. The highest BCUT2D eigenvalue weighted by molar-refractivity contribution is 8.00. The first-order valence-electron chi connectivity index (χ1n) is 9.05. The van der Waals surface area contributed by atoms with Gasteiger partial charge in [-0.3, -0.25) is 4.79 Å². The molecule has 0 radical (unpaired) electrons. The van der Waals surface area contributed by atoms with Gasteiger partial charge in [-0.15, -0.1) is 11.8 Å². The van der Waals surface area contributed by atoms with Gasteiger partial charge in [-0.1, -0.05) is 19.1 Å². The number of esters is 1. The fraction of sp³-hybridized carbons (Fsp3) is 0.333. The van der Waals surface area contributed by atoms with Crippen molar-refractivity contribution in [3.63, 3.8) is 0 Å². The van der Waals surface area contributed by atoms with Crippen molar-refractivity contribution in [3.05, 3.63) is 48.5 Å². The van der Waals surface area contributed by atoms with Crippen molar-refractivity contribution in [1.29, 1.82) is 0 Å². The number of carbonyl (C=O) groups is 2. The highest BCUT2D eigenvalue weighted by atomic mass is 32.2. The Bertz CT molecular complexity index is 824. The molecule has 0 bridgehead atoms. The SMILES string of the molecule is COc1ccc(OCC(=O)OCC(=O)N2CC[C@H](C)Sc3ccccc32)cc1. The number of hydrogen-bond donors (Lipinski definition) is 0. The molecular formula is C21H23NO5S. The van der Waals surface area contributed by atoms with Gasteiger partial charge in [0.15, 0.2) is 13.2 Å². The lowest BCUT2D eigenvalue weighted by atomic mass is 10.2. The number of rotatable bonds is 6. The smallest absolute Gasteiger partial charge is 0.344 e. The summed E-state index contributed by atoms with van der Waals surface area (Å²) in [5.41, 5.74) is 0.868. The summed E-state index contributed by atoms with van der Waals surface area (Å²) in [5, 5.41) is 0.416. The average molecular weight is 401 g/mol. The second kappa shape index (κ2) is 9.50. The van der Waals surface area contributed by atoms with E-state index in [1.807, 2.05) is 24.3 Å². The van der Waals surface area contributed by atoms with Crippen LogP contribution in [0.15, 0.2) is 53.4 Å². The number of para-hydroxylation sites is 1. The molecule has 0 aromatic heterocycles. The third kappa shape index (κ3) is 5.19. The maximum absolute atomic E-state index is 12.7. The average Bonchev–Trinajstić information content (AvgIpc) is 2.89. The van der Waals surface area contributed by atoms with Gasteiger partial charge in [0.1, 0.15) is 11.5 Å². The summed E-state index contributed by atoms with van der Waals surface area (Å²) in [6.45, 7) is 2.18. The maximum atomic E-state index is 12.7. The van der Waals surface area contributed by atoms with Gasteiger partial charge in [0, 0.05) is 16.7 Å². The number of ether oxygens (including phenoxy) is 3. The monoisotopic (exact) mass is 401 g/mol. The number of carbonyl (C=O) groups excluding carboxylic acids is 2. The Labute approximate surface area is 168 Å². The number of nitrogens with zero attached hydrogens (tertiary/aromatic N) is 1. The Morgan fingerprint density at radius 2 is 1.79 bits per heavy atom. The van der Waals surface area contributed by atoms with Crippen LogP contribution in [0, 0.1) is 0 Å². The topological polar surface area (TPSA) is 65.1 Å². The standard InChI is InChI=1S/C21H23NO5S/c1-15-11-12-22(18-5-3-4-6-19(18)28-15)20(23)13-27-21(24)14-26-17-9-7-16(25-2)8-10-17/h3-10,15H,11-14H2,1-2H3/t15-/m0/s1. The lowest BCUT2D eigenvalue weighted by Crippen LogP contribution is -2.36. The molecule has 0 saturated heterocycles.